The second-order valence-corrected chi connectivity index (χ2v) is 4.73. The number of hydrogen-bond acceptors (Lipinski definition) is 3. The van der Waals surface area contributed by atoms with Crippen LogP contribution in [0.3, 0.4) is 0 Å². The van der Waals surface area contributed by atoms with Gasteiger partial charge >= 0.3 is 5.97 Å². The molecule has 5 heteroatoms. The molecule has 1 heterocycles. The monoisotopic (exact) mass is 272 g/mol. The van der Waals surface area contributed by atoms with Crippen molar-refractivity contribution in [2.45, 2.75) is 25.3 Å². The normalized spacial score (nSPS) is 13.7. The van der Waals surface area contributed by atoms with Gasteiger partial charge in [0.25, 0.3) is 0 Å². The van der Waals surface area contributed by atoms with E-state index in [2.05, 4.69) is 4.99 Å². The number of aliphatic carboxylic acids is 1. The number of fused-ring (bicyclic) bond motifs is 1. The summed E-state index contributed by atoms with van der Waals surface area (Å²) in [6, 6.07) is 6.69. The van der Waals surface area contributed by atoms with Crippen LogP contribution in [0.4, 0.5) is 0 Å². The molecule has 20 heavy (non-hydrogen) atoms. The fourth-order valence-corrected chi connectivity index (χ4v) is 2.66. The third-order valence-corrected chi connectivity index (χ3v) is 3.59. The highest BCUT2D eigenvalue weighted by Crippen LogP contribution is 2.32. The number of isocyanates is 1. The minimum absolute atomic E-state index is 0.347. The second kappa shape index (κ2) is 5.72. The van der Waals surface area contributed by atoms with Crippen molar-refractivity contribution in [2.75, 3.05) is 0 Å². The smallest absolute Gasteiger partial charge is 0.330 e. The van der Waals surface area contributed by atoms with Gasteiger partial charge in [0.05, 0.1) is 0 Å². The van der Waals surface area contributed by atoms with E-state index in [9.17, 15) is 14.7 Å². The quantitative estimate of drug-likeness (QED) is 0.671. The molecule has 0 saturated heterocycles. The third-order valence-electron chi connectivity index (χ3n) is 3.59. The number of carboxylic acid groups (broad SMARTS) is 1. The Labute approximate surface area is 116 Å². The molecule has 2 unspecified atom stereocenters. The topological polar surface area (TPSA) is 71.7 Å². The van der Waals surface area contributed by atoms with E-state index in [1.807, 2.05) is 49.0 Å². The number of para-hydroxylation sites is 1. The van der Waals surface area contributed by atoms with Gasteiger partial charge in [-0.2, -0.15) is 4.99 Å². The lowest BCUT2D eigenvalue weighted by molar-refractivity contribution is -0.139. The number of nitrogens with zero attached hydrogens (tertiary/aromatic N) is 2. The Balaban J connectivity index is 2.59. The maximum absolute atomic E-state index is 11.3. The predicted molar refractivity (Wildman–Crippen MR) is 75.5 cm³/mol. The van der Waals surface area contributed by atoms with E-state index in [1.165, 1.54) is 6.08 Å². The third kappa shape index (κ3) is 2.36. The zero-order valence-electron chi connectivity index (χ0n) is 11.4. The predicted octanol–water partition coefficient (Wildman–Crippen LogP) is 2.46. The summed E-state index contributed by atoms with van der Waals surface area (Å²) < 4.78 is 1.96. The Morgan fingerprint density at radius 2 is 2.15 bits per heavy atom. The standard InChI is InChI=1S/C15H16N2O3/c1-3-10(14(15(19)20)16-9-18)12-8-17(2)13-7-5-4-6-11(12)13/h4-8,10,14H,3H2,1-2H3,(H,19,20). The molecule has 2 rings (SSSR count). The van der Waals surface area contributed by atoms with Crippen LogP contribution in [0, 0.1) is 0 Å². The number of rotatable bonds is 5. The molecule has 0 radical (unpaired) electrons. The number of benzene rings is 1. The Hall–Kier alpha value is -2.39. The SMILES string of the molecule is CCC(c1cn(C)c2ccccc12)C(N=C=O)C(=O)O. The van der Waals surface area contributed by atoms with Crippen molar-refractivity contribution in [3.63, 3.8) is 0 Å². The van der Waals surface area contributed by atoms with Crippen LogP contribution in [-0.4, -0.2) is 27.8 Å². The molecule has 0 aliphatic carbocycles. The van der Waals surface area contributed by atoms with Crippen molar-refractivity contribution in [3.8, 4) is 0 Å². The van der Waals surface area contributed by atoms with Crippen LogP contribution in [0.15, 0.2) is 35.5 Å². The van der Waals surface area contributed by atoms with E-state index in [0.717, 1.165) is 16.5 Å². The number of aryl methyl sites for hydroxylation is 1. The van der Waals surface area contributed by atoms with E-state index in [-0.39, 0.29) is 5.92 Å². The largest absolute Gasteiger partial charge is 0.480 e. The molecule has 104 valence electrons. The zero-order chi connectivity index (χ0) is 14.7. The second-order valence-electron chi connectivity index (χ2n) is 4.73. The Morgan fingerprint density at radius 3 is 2.75 bits per heavy atom. The van der Waals surface area contributed by atoms with Crippen molar-refractivity contribution < 1.29 is 14.7 Å². The molecule has 1 aromatic carbocycles. The maximum atomic E-state index is 11.3. The highest BCUT2D eigenvalue weighted by molar-refractivity contribution is 5.86. The first-order chi connectivity index (χ1) is 9.60. The number of carbonyl (C=O) groups is 1. The summed E-state index contributed by atoms with van der Waals surface area (Å²) in [5.41, 5.74) is 1.93. The summed E-state index contributed by atoms with van der Waals surface area (Å²) in [5, 5.41) is 10.3. The molecule has 1 aromatic heterocycles. The Morgan fingerprint density at radius 1 is 1.45 bits per heavy atom. The van der Waals surface area contributed by atoms with Gasteiger partial charge in [0.1, 0.15) is 0 Å². The van der Waals surface area contributed by atoms with Crippen LogP contribution < -0.4 is 0 Å². The molecule has 0 spiro atoms. The number of aliphatic imine (C=N–C) groups is 1. The van der Waals surface area contributed by atoms with Gasteiger partial charge in [0.15, 0.2) is 6.04 Å². The first-order valence-corrected chi connectivity index (χ1v) is 6.43. The van der Waals surface area contributed by atoms with Gasteiger partial charge in [-0.3, -0.25) is 0 Å². The van der Waals surface area contributed by atoms with Gasteiger partial charge < -0.3 is 9.67 Å². The van der Waals surface area contributed by atoms with Gasteiger partial charge in [-0.1, -0.05) is 25.1 Å². The summed E-state index contributed by atoms with van der Waals surface area (Å²) in [7, 11) is 1.91. The van der Waals surface area contributed by atoms with E-state index in [4.69, 9.17) is 0 Å². The summed E-state index contributed by atoms with van der Waals surface area (Å²) in [6.07, 6.45) is 3.87. The van der Waals surface area contributed by atoms with Crippen LogP contribution in [0.5, 0.6) is 0 Å². The lowest BCUT2D eigenvalue weighted by Gasteiger charge is -2.17. The molecule has 5 nitrogen and oxygen atoms in total. The van der Waals surface area contributed by atoms with Crippen molar-refractivity contribution in [2.24, 2.45) is 12.0 Å². The van der Waals surface area contributed by atoms with Gasteiger partial charge in [-0.25, -0.2) is 9.59 Å². The van der Waals surface area contributed by atoms with E-state index in [1.54, 1.807) is 0 Å². The van der Waals surface area contributed by atoms with Gasteiger partial charge in [0.2, 0.25) is 6.08 Å². The Bertz CT molecular complexity index is 681. The van der Waals surface area contributed by atoms with Gasteiger partial charge in [-0.05, 0) is 18.1 Å². The molecule has 2 aromatic rings. The van der Waals surface area contributed by atoms with Crippen LogP contribution >= 0.6 is 0 Å². The maximum Gasteiger partial charge on any atom is 0.330 e. The molecular formula is C15H16N2O3. The number of carbonyl (C=O) groups excluding carboxylic acids is 1. The number of carboxylic acids is 1. The van der Waals surface area contributed by atoms with E-state index >= 15 is 0 Å². The summed E-state index contributed by atoms with van der Waals surface area (Å²) >= 11 is 0. The fourth-order valence-electron chi connectivity index (χ4n) is 2.66. The first kappa shape index (κ1) is 14.0. The van der Waals surface area contributed by atoms with Gasteiger partial charge in [-0.15, -0.1) is 0 Å². The number of hydrogen-bond donors (Lipinski definition) is 1. The molecule has 1 N–H and O–H groups in total. The average molecular weight is 272 g/mol. The highest BCUT2D eigenvalue weighted by atomic mass is 16.4. The van der Waals surface area contributed by atoms with Crippen molar-refractivity contribution in [1.29, 1.82) is 0 Å². The van der Waals surface area contributed by atoms with E-state index in [0.29, 0.717) is 6.42 Å². The minimum Gasteiger partial charge on any atom is -0.480 e. The summed E-state index contributed by atoms with van der Waals surface area (Å²) in [6.45, 7) is 1.89. The lowest BCUT2D eigenvalue weighted by atomic mass is 9.89. The Kier molecular flexibility index (Phi) is 4.01. The molecule has 0 aliphatic heterocycles. The molecular weight excluding hydrogens is 256 g/mol. The number of aromatic nitrogens is 1. The fraction of sp³-hybridized carbons (Fsp3) is 0.333. The molecule has 0 fully saturated rings. The van der Waals surface area contributed by atoms with Crippen molar-refractivity contribution in [1.82, 2.24) is 4.57 Å². The summed E-state index contributed by atoms with van der Waals surface area (Å²) in [5.74, 6) is -1.45. The van der Waals surface area contributed by atoms with Crippen LogP contribution in [0.2, 0.25) is 0 Å². The lowest BCUT2D eigenvalue weighted by Crippen LogP contribution is -2.25. The van der Waals surface area contributed by atoms with Crippen LogP contribution in [0.25, 0.3) is 10.9 Å². The van der Waals surface area contributed by atoms with Crippen LogP contribution in [-0.2, 0) is 16.6 Å². The van der Waals surface area contributed by atoms with Crippen LogP contribution in [0.1, 0.15) is 24.8 Å². The highest BCUT2D eigenvalue weighted by Gasteiger charge is 2.30. The summed E-state index contributed by atoms with van der Waals surface area (Å²) in [4.78, 5) is 25.3. The minimum atomic E-state index is -1.10. The van der Waals surface area contributed by atoms with Gasteiger partial charge in [0, 0.05) is 30.1 Å². The molecule has 2 atom stereocenters. The first-order valence-electron chi connectivity index (χ1n) is 6.43. The van der Waals surface area contributed by atoms with Crippen molar-refractivity contribution in [3.05, 3.63) is 36.0 Å². The molecule has 0 aliphatic rings. The van der Waals surface area contributed by atoms with Crippen molar-refractivity contribution >= 4 is 23.0 Å². The molecule has 0 saturated carbocycles. The van der Waals surface area contributed by atoms with E-state index < -0.39 is 12.0 Å². The zero-order valence-corrected chi connectivity index (χ0v) is 11.4. The molecule has 0 amide bonds. The molecule has 0 bridgehead atoms. The average Bonchev–Trinajstić information content (AvgIpc) is 2.77.